The highest BCUT2D eigenvalue weighted by Gasteiger charge is 2.14. The molecule has 110 valence electrons. The van der Waals surface area contributed by atoms with Crippen LogP contribution in [-0.4, -0.2) is 30.1 Å². The normalized spacial score (nSPS) is 10.2. The summed E-state index contributed by atoms with van der Waals surface area (Å²) < 4.78 is 5.07. The Bertz CT molecular complexity index is 656. The van der Waals surface area contributed by atoms with E-state index in [0.29, 0.717) is 29.1 Å². The molecule has 5 nitrogen and oxygen atoms in total. The third kappa shape index (κ3) is 3.25. The molecule has 0 bridgehead atoms. The van der Waals surface area contributed by atoms with Crippen LogP contribution in [0.4, 0.5) is 5.69 Å². The molecule has 1 amide bonds. The number of phenols is 1. The Labute approximate surface area is 123 Å². The van der Waals surface area contributed by atoms with Crippen molar-refractivity contribution >= 4 is 11.6 Å². The molecule has 5 heteroatoms. The molecule has 2 aromatic rings. The molecule has 0 radical (unpaired) electrons. The maximum atomic E-state index is 12.4. The number of hydrogen-bond acceptors (Lipinski definition) is 4. The Morgan fingerprint density at radius 2 is 2.00 bits per heavy atom. The number of anilines is 1. The fourth-order valence-corrected chi connectivity index (χ4v) is 2.06. The van der Waals surface area contributed by atoms with Gasteiger partial charge < -0.3 is 20.5 Å². The van der Waals surface area contributed by atoms with Gasteiger partial charge in [-0.3, -0.25) is 4.79 Å². The second kappa shape index (κ2) is 6.17. The van der Waals surface area contributed by atoms with Gasteiger partial charge in [0.05, 0.1) is 12.8 Å². The highest BCUT2D eigenvalue weighted by atomic mass is 16.5. The van der Waals surface area contributed by atoms with Gasteiger partial charge in [-0.2, -0.15) is 0 Å². The van der Waals surface area contributed by atoms with Crippen molar-refractivity contribution in [3.63, 3.8) is 0 Å². The van der Waals surface area contributed by atoms with Gasteiger partial charge in [-0.1, -0.05) is 18.2 Å². The number of aromatic hydroxyl groups is 1. The van der Waals surface area contributed by atoms with Crippen LogP contribution in [0.15, 0.2) is 42.5 Å². The number of ether oxygens (including phenoxy) is 1. The van der Waals surface area contributed by atoms with Gasteiger partial charge in [-0.25, -0.2) is 0 Å². The Balaban J connectivity index is 2.16. The lowest BCUT2D eigenvalue weighted by molar-refractivity contribution is 0.0784. The third-order valence-electron chi connectivity index (χ3n) is 3.22. The molecular formula is C16H18N2O3. The number of nitrogens with zero attached hydrogens (tertiary/aromatic N) is 1. The lowest BCUT2D eigenvalue weighted by atomic mass is 10.1. The summed E-state index contributed by atoms with van der Waals surface area (Å²) in [6, 6.07) is 11.8. The average Bonchev–Trinajstić information content (AvgIpc) is 2.48. The standard InChI is InChI=1S/C16H18N2O3/c1-18(10-12-5-3-4-6-14(12)19)16(20)11-7-8-15(21-2)13(17)9-11/h3-9,19H,10,17H2,1-2H3. The maximum Gasteiger partial charge on any atom is 0.253 e. The molecule has 2 aromatic carbocycles. The first-order valence-electron chi connectivity index (χ1n) is 6.48. The summed E-state index contributed by atoms with van der Waals surface area (Å²) in [6.45, 7) is 0.317. The van der Waals surface area contributed by atoms with Crippen molar-refractivity contribution in [3.8, 4) is 11.5 Å². The minimum Gasteiger partial charge on any atom is -0.508 e. The number of benzene rings is 2. The van der Waals surface area contributed by atoms with Gasteiger partial charge >= 0.3 is 0 Å². The average molecular weight is 286 g/mol. The minimum atomic E-state index is -0.174. The van der Waals surface area contributed by atoms with Crippen molar-refractivity contribution < 1.29 is 14.6 Å². The number of methoxy groups -OCH3 is 1. The van der Waals surface area contributed by atoms with E-state index in [1.165, 1.54) is 12.0 Å². The number of rotatable bonds is 4. The number of amides is 1. The molecule has 0 aliphatic heterocycles. The fraction of sp³-hybridized carbons (Fsp3) is 0.188. The maximum absolute atomic E-state index is 12.4. The van der Waals surface area contributed by atoms with E-state index in [2.05, 4.69) is 0 Å². The van der Waals surface area contributed by atoms with Gasteiger partial charge in [0.15, 0.2) is 0 Å². The summed E-state index contributed by atoms with van der Waals surface area (Å²) in [6.07, 6.45) is 0. The molecule has 0 heterocycles. The number of hydrogen-bond donors (Lipinski definition) is 2. The van der Waals surface area contributed by atoms with Gasteiger partial charge in [0.2, 0.25) is 0 Å². The van der Waals surface area contributed by atoms with Crippen LogP contribution in [0.25, 0.3) is 0 Å². The van der Waals surface area contributed by atoms with E-state index in [1.54, 1.807) is 43.4 Å². The van der Waals surface area contributed by atoms with Crippen LogP contribution in [0.3, 0.4) is 0 Å². The fourth-order valence-electron chi connectivity index (χ4n) is 2.06. The Hall–Kier alpha value is -2.69. The predicted molar refractivity (Wildman–Crippen MR) is 81.3 cm³/mol. The van der Waals surface area contributed by atoms with Gasteiger partial charge in [0.1, 0.15) is 11.5 Å². The molecule has 0 aromatic heterocycles. The summed E-state index contributed by atoms with van der Waals surface area (Å²) in [4.78, 5) is 13.9. The molecule has 0 aliphatic carbocycles. The summed E-state index contributed by atoms with van der Waals surface area (Å²) in [5, 5.41) is 9.75. The van der Waals surface area contributed by atoms with E-state index in [1.807, 2.05) is 6.07 Å². The van der Waals surface area contributed by atoms with Gasteiger partial charge in [-0.05, 0) is 24.3 Å². The lowest BCUT2D eigenvalue weighted by Crippen LogP contribution is -2.26. The number of para-hydroxylation sites is 1. The zero-order valence-corrected chi connectivity index (χ0v) is 12.0. The van der Waals surface area contributed by atoms with E-state index < -0.39 is 0 Å². The van der Waals surface area contributed by atoms with Crippen molar-refractivity contribution in [1.82, 2.24) is 4.90 Å². The highest BCUT2D eigenvalue weighted by molar-refractivity contribution is 5.95. The second-order valence-corrected chi connectivity index (χ2v) is 4.75. The molecule has 2 rings (SSSR count). The highest BCUT2D eigenvalue weighted by Crippen LogP contribution is 2.23. The molecule has 0 aliphatic rings. The van der Waals surface area contributed by atoms with E-state index in [0.717, 1.165) is 0 Å². The van der Waals surface area contributed by atoms with Crippen molar-refractivity contribution in [2.24, 2.45) is 0 Å². The summed E-state index contributed by atoms with van der Waals surface area (Å²) in [5.41, 5.74) is 7.39. The smallest absolute Gasteiger partial charge is 0.253 e. The Kier molecular flexibility index (Phi) is 4.33. The van der Waals surface area contributed by atoms with Crippen molar-refractivity contribution in [2.75, 3.05) is 19.9 Å². The summed E-state index contributed by atoms with van der Waals surface area (Å²) in [7, 11) is 3.20. The molecule has 3 N–H and O–H groups in total. The van der Waals surface area contributed by atoms with E-state index >= 15 is 0 Å². The van der Waals surface area contributed by atoms with Crippen molar-refractivity contribution in [1.29, 1.82) is 0 Å². The van der Waals surface area contributed by atoms with Gasteiger partial charge in [0.25, 0.3) is 5.91 Å². The van der Waals surface area contributed by atoms with E-state index in [-0.39, 0.29) is 11.7 Å². The SMILES string of the molecule is COc1ccc(C(=O)N(C)Cc2ccccc2O)cc1N. The quantitative estimate of drug-likeness (QED) is 0.845. The first kappa shape index (κ1) is 14.7. The molecule has 21 heavy (non-hydrogen) atoms. The molecule has 0 saturated heterocycles. The molecule has 0 unspecified atom stereocenters. The number of carbonyl (C=O) groups excluding carboxylic acids is 1. The molecule has 0 fully saturated rings. The van der Waals surface area contributed by atoms with E-state index in [9.17, 15) is 9.90 Å². The topological polar surface area (TPSA) is 75.8 Å². The van der Waals surface area contributed by atoms with Crippen LogP contribution in [0.5, 0.6) is 11.5 Å². The van der Waals surface area contributed by atoms with Crippen molar-refractivity contribution in [2.45, 2.75) is 6.54 Å². The molecule has 0 spiro atoms. The third-order valence-corrected chi connectivity index (χ3v) is 3.22. The number of carbonyl (C=O) groups is 1. The monoisotopic (exact) mass is 286 g/mol. The van der Waals surface area contributed by atoms with E-state index in [4.69, 9.17) is 10.5 Å². The number of nitrogen functional groups attached to an aromatic ring is 1. The molecule has 0 atom stereocenters. The first-order valence-corrected chi connectivity index (χ1v) is 6.48. The molecular weight excluding hydrogens is 268 g/mol. The van der Waals surface area contributed by atoms with Gasteiger partial charge in [0, 0.05) is 24.7 Å². The Morgan fingerprint density at radius 3 is 2.62 bits per heavy atom. The summed E-state index contributed by atoms with van der Waals surface area (Å²) in [5.74, 6) is 0.536. The van der Waals surface area contributed by atoms with Crippen LogP contribution in [0, 0.1) is 0 Å². The van der Waals surface area contributed by atoms with Crippen molar-refractivity contribution in [3.05, 3.63) is 53.6 Å². The first-order chi connectivity index (χ1) is 10.0. The van der Waals surface area contributed by atoms with Crippen LogP contribution in [0.2, 0.25) is 0 Å². The minimum absolute atomic E-state index is 0.173. The van der Waals surface area contributed by atoms with Gasteiger partial charge in [-0.15, -0.1) is 0 Å². The Morgan fingerprint density at radius 1 is 1.29 bits per heavy atom. The zero-order valence-electron chi connectivity index (χ0n) is 12.0. The molecule has 0 saturated carbocycles. The van der Waals surface area contributed by atoms with Crippen LogP contribution < -0.4 is 10.5 Å². The number of nitrogens with two attached hydrogens (primary N) is 1. The lowest BCUT2D eigenvalue weighted by Gasteiger charge is -2.18. The number of phenolic OH excluding ortho intramolecular Hbond substituents is 1. The van der Waals surface area contributed by atoms with Crippen LogP contribution in [0.1, 0.15) is 15.9 Å². The second-order valence-electron chi connectivity index (χ2n) is 4.75. The van der Waals surface area contributed by atoms with Crippen LogP contribution >= 0.6 is 0 Å². The summed E-state index contributed by atoms with van der Waals surface area (Å²) >= 11 is 0. The van der Waals surface area contributed by atoms with Crippen LogP contribution in [-0.2, 0) is 6.54 Å². The predicted octanol–water partition coefficient (Wildman–Crippen LogP) is 2.26. The zero-order chi connectivity index (χ0) is 15.4. The largest absolute Gasteiger partial charge is 0.508 e.